The van der Waals surface area contributed by atoms with Crippen molar-refractivity contribution < 1.29 is 8.78 Å². The van der Waals surface area contributed by atoms with Gasteiger partial charge in [0.2, 0.25) is 0 Å². The largest absolute Gasteiger partial charge is 0.378 e. The monoisotopic (exact) mass is 404 g/mol. The number of fused-ring (bicyclic) bond motifs is 2. The highest BCUT2D eigenvalue weighted by atomic mass is 19.1. The molecule has 30 heavy (non-hydrogen) atoms. The minimum atomic E-state index is -0.411. The Balaban J connectivity index is 1.55. The molecule has 2 aromatic carbocycles. The second kappa shape index (κ2) is 7.20. The number of nitrogens with zero attached hydrogens (tertiary/aromatic N) is 4. The molecule has 2 aromatic heterocycles. The average molecular weight is 404 g/mol. The van der Waals surface area contributed by atoms with Gasteiger partial charge in [-0.25, -0.2) is 13.8 Å². The summed E-state index contributed by atoms with van der Waals surface area (Å²) in [4.78, 5) is 6.77. The van der Waals surface area contributed by atoms with Gasteiger partial charge in [0.1, 0.15) is 16.9 Å². The first-order chi connectivity index (χ1) is 14.5. The molecule has 152 valence electrons. The molecule has 1 aliphatic rings. The zero-order valence-corrected chi connectivity index (χ0v) is 16.9. The Labute approximate surface area is 173 Å². The molecular formula is C24H22F2N4. The number of halogens is 2. The summed E-state index contributed by atoms with van der Waals surface area (Å²) in [6, 6.07) is 10.5. The number of hydrogen-bond donors (Lipinski definition) is 0. The van der Waals surface area contributed by atoms with Crippen molar-refractivity contribution in [1.29, 1.82) is 0 Å². The smallest absolute Gasteiger partial charge is 0.151 e. The second-order valence-electron chi connectivity index (χ2n) is 7.83. The van der Waals surface area contributed by atoms with Gasteiger partial charge >= 0.3 is 0 Å². The Hall–Kier alpha value is -3.28. The number of rotatable bonds is 3. The molecule has 4 aromatic rings. The van der Waals surface area contributed by atoms with Crippen molar-refractivity contribution in [1.82, 2.24) is 19.7 Å². The van der Waals surface area contributed by atoms with Crippen LogP contribution < -0.4 is 0 Å². The van der Waals surface area contributed by atoms with Gasteiger partial charge in [-0.1, -0.05) is 12.1 Å². The minimum absolute atomic E-state index is 0.202. The Morgan fingerprint density at radius 3 is 2.63 bits per heavy atom. The molecule has 0 bridgehead atoms. The number of aromatic nitrogens is 3. The zero-order valence-electron chi connectivity index (χ0n) is 16.9. The van der Waals surface area contributed by atoms with E-state index in [1.54, 1.807) is 24.0 Å². The van der Waals surface area contributed by atoms with E-state index in [0.29, 0.717) is 27.7 Å². The highest BCUT2D eigenvalue weighted by Gasteiger charge is 2.17. The van der Waals surface area contributed by atoms with Crippen molar-refractivity contribution in [3.8, 4) is 11.3 Å². The molecule has 3 heterocycles. The van der Waals surface area contributed by atoms with Gasteiger partial charge in [-0.05, 0) is 55.4 Å². The molecule has 1 aliphatic heterocycles. The molecule has 0 amide bonds. The van der Waals surface area contributed by atoms with Crippen molar-refractivity contribution in [2.24, 2.45) is 7.05 Å². The number of aryl methyl sites for hydroxylation is 1. The SMILES string of the molecule is CCN1C=CC(c2cc(F)c3nc(-c4cc(F)c5nn(C)cc5c4)ccc3c2)CC1. The molecule has 0 spiro atoms. The molecule has 4 nitrogen and oxygen atoms in total. The first-order valence-electron chi connectivity index (χ1n) is 10.2. The molecule has 1 unspecified atom stereocenters. The molecular weight excluding hydrogens is 382 g/mol. The predicted molar refractivity (Wildman–Crippen MR) is 115 cm³/mol. The molecule has 0 aliphatic carbocycles. The highest BCUT2D eigenvalue weighted by molar-refractivity contribution is 5.87. The Morgan fingerprint density at radius 2 is 1.87 bits per heavy atom. The summed E-state index contributed by atoms with van der Waals surface area (Å²) in [6.45, 7) is 4.08. The van der Waals surface area contributed by atoms with Gasteiger partial charge in [0.05, 0.1) is 5.69 Å². The Bertz CT molecular complexity index is 1290. The Kier molecular flexibility index (Phi) is 4.50. The third-order valence-electron chi connectivity index (χ3n) is 5.83. The summed E-state index contributed by atoms with van der Waals surface area (Å²) in [5.74, 6) is -0.557. The minimum Gasteiger partial charge on any atom is -0.378 e. The standard InChI is InChI=1S/C24H22F2N4/c1-3-30-8-6-15(7-9-30)17-10-16-4-5-22(27-23(16)20(25)12-17)18-11-19-14-29(2)28-24(19)21(26)13-18/h4-6,8,10-15H,3,7,9H2,1-2H3. The van der Waals surface area contributed by atoms with Crippen LogP contribution in [0.4, 0.5) is 8.78 Å². The fourth-order valence-corrected chi connectivity index (χ4v) is 4.19. The van der Waals surface area contributed by atoms with Crippen LogP contribution in [-0.2, 0) is 7.05 Å². The van der Waals surface area contributed by atoms with Crippen LogP contribution >= 0.6 is 0 Å². The lowest BCUT2D eigenvalue weighted by molar-refractivity contribution is 0.360. The van der Waals surface area contributed by atoms with Crippen LogP contribution in [0.1, 0.15) is 24.8 Å². The van der Waals surface area contributed by atoms with E-state index < -0.39 is 5.82 Å². The Morgan fingerprint density at radius 1 is 1.03 bits per heavy atom. The van der Waals surface area contributed by atoms with Crippen LogP contribution in [0.5, 0.6) is 0 Å². The number of pyridine rings is 1. The van der Waals surface area contributed by atoms with Gasteiger partial charge in [0.25, 0.3) is 0 Å². The maximum absolute atomic E-state index is 15.0. The van der Waals surface area contributed by atoms with E-state index in [2.05, 4.69) is 34.2 Å². The van der Waals surface area contributed by atoms with E-state index in [9.17, 15) is 8.78 Å². The first-order valence-corrected chi connectivity index (χ1v) is 10.2. The summed E-state index contributed by atoms with van der Waals surface area (Å²) >= 11 is 0. The van der Waals surface area contributed by atoms with Gasteiger partial charge in [0, 0.05) is 48.6 Å². The molecule has 0 radical (unpaired) electrons. The summed E-state index contributed by atoms with van der Waals surface area (Å²) in [6.07, 6.45) is 6.96. The van der Waals surface area contributed by atoms with Crippen LogP contribution in [0.15, 0.2) is 54.9 Å². The molecule has 0 N–H and O–H groups in total. The van der Waals surface area contributed by atoms with Gasteiger partial charge in [-0.2, -0.15) is 5.10 Å². The van der Waals surface area contributed by atoms with Crippen molar-refractivity contribution in [2.75, 3.05) is 13.1 Å². The van der Waals surface area contributed by atoms with Crippen molar-refractivity contribution >= 4 is 21.8 Å². The lowest BCUT2D eigenvalue weighted by atomic mass is 9.92. The van der Waals surface area contributed by atoms with Crippen molar-refractivity contribution in [2.45, 2.75) is 19.3 Å². The number of allylic oxidation sites excluding steroid dienone is 1. The van der Waals surface area contributed by atoms with Crippen LogP contribution in [0.3, 0.4) is 0 Å². The lowest BCUT2D eigenvalue weighted by Crippen LogP contribution is -2.23. The highest BCUT2D eigenvalue weighted by Crippen LogP contribution is 2.31. The average Bonchev–Trinajstić information content (AvgIpc) is 3.14. The number of hydrogen-bond acceptors (Lipinski definition) is 3. The first kappa shape index (κ1) is 18.7. The molecule has 5 rings (SSSR count). The molecule has 6 heteroatoms. The van der Waals surface area contributed by atoms with E-state index in [1.165, 1.54) is 6.07 Å². The van der Waals surface area contributed by atoms with Gasteiger partial charge in [-0.15, -0.1) is 0 Å². The summed E-state index contributed by atoms with van der Waals surface area (Å²) in [5.41, 5.74) is 2.73. The van der Waals surface area contributed by atoms with Crippen LogP contribution in [-0.4, -0.2) is 32.8 Å². The van der Waals surface area contributed by atoms with E-state index in [4.69, 9.17) is 0 Å². The van der Waals surface area contributed by atoms with Crippen molar-refractivity contribution in [3.05, 3.63) is 72.1 Å². The third-order valence-corrected chi connectivity index (χ3v) is 5.83. The van der Waals surface area contributed by atoms with E-state index in [1.807, 2.05) is 24.3 Å². The zero-order chi connectivity index (χ0) is 20.8. The van der Waals surface area contributed by atoms with E-state index in [-0.39, 0.29) is 11.7 Å². The third kappa shape index (κ3) is 3.22. The second-order valence-corrected chi connectivity index (χ2v) is 7.83. The fourth-order valence-electron chi connectivity index (χ4n) is 4.19. The molecule has 1 atom stereocenters. The maximum atomic E-state index is 15.0. The summed E-state index contributed by atoms with van der Waals surface area (Å²) in [7, 11) is 1.75. The van der Waals surface area contributed by atoms with Crippen LogP contribution in [0, 0.1) is 11.6 Å². The van der Waals surface area contributed by atoms with Crippen molar-refractivity contribution in [3.63, 3.8) is 0 Å². The molecule has 0 saturated carbocycles. The molecule has 0 saturated heterocycles. The van der Waals surface area contributed by atoms with Crippen LogP contribution in [0.25, 0.3) is 33.1 Å². The van der Waals surface area contributed by atoms with Gasteiger partial charge < -0.3 is 4.90 Å². The van der Waals surface area contributed by atoms with Gasteiger partial charge in [0.15, 0.2) is 5.82 Å². The lowest BCUT2D eigenvalue weighted by Gasteiger charge is -2.27. The fraction of sp³-hybridized carbons (Fsp3) is 0.250. The quantitative estimate of drug-likeness (QED) is 0.459. The molecule has 0 fully saturated rings. The van der Waals surface area contributed by atoms with E-state index in [0.717, 1.165) is 30.5 Å². The van der Waals surface area contributed by atoms with Gasteiger partial charge in [-0.3, -0.25) is 4.68 Å². The summed E-state index contributed by atoms with van der Waals surface area (Å²) < 4.78 is 31.0. The van der Waals surface area contributed by atoms with Crippen LogP contribution in [0.2, 0.25) is 0 Å². The normalized spacial score (nSPS) is 16.7. The predicted octanol–water partition coefficient (Wildman–Crippen LogP) is 5.39. The number of benzene rings is 2. The van der Waals surface area contributed by atoms with E-state index >= 15 is 0 Å². The topological polar surface area (TPSA) is 34.0 Å². The maximum Gasteiger partial charge on any atom is 0.151 e. The summed E-state index contributed by atoms with van der Waals surface area (Å²) in [5, 5.41) is 5.57.